The average Bonchev–Trinajstić information content (AvgIpc) is 2.86. The van der Waals surface area contributed by atoms with Crippen molar-refractivity contribution in [3.63, 3.8) is 0 Å². The minimum atomic E-state index is -0.845. The molecule has 11 heteroatoms. The van der Waals surface area contributed by atoms with Crippen molar-refractivity contribution in [2.24, 2.45) is 0 Å². The SMILES string of the molecule is CCOC(=O)C1=C(COC(=O)/C=C/c2cccc([N+](=O)[O-])c2)NC(=O)NC1c1ccc(OC)cc1. The van der Waals surface area contributed by atoms with E-state index >= 15 is 0 Å². The van der Waals surface area contributed by atoms with Crippen molar-refractivity contribution < 1.29 is 33.5 Å². The van der Waals surface area contributed by atoms with E-state index < -0.39 is 35.5 Å². The number of carbonyl (C=O) groups excluding carboxylic acids is 3. The van der Waals surface area contributed by atoms with Gasteiger partial charge in [0, 0.05) is 18.2 Å². The summed E-state index contributed by atoms with van der Waals surface area (Å²) in [6, 6.07) is 11.0. The van der Waals surface area contributed by atoms with E-state index in [0.29, 0.717) is 16.9 Å². The molecule has 3 rings (SSSR count). The van der Waals surface area contributed by atoms with Gasteiger partial charge in [-0.1, -0.05) is 24.3 Å². The average molecular weight is 481 g/mol. The molecular formula is C24H23N3O8. The first-order chi connectivity index (χ1) is 16.8. The van der Waals surface area contributed by atoms with Crippen molar-refractivity contribution in [3.8, 4) is 5.75 Å². The Morgan fingerprint density at radius 1 is 1.14 bits per heavy atom. The highest BCUT2D eigenvalue weighted by molar-refractivity contribution is 5.95. The van der Waals surface area contributed by atoms with Gasteiger partial charge in [0.15, 0.2) is 0 Å². The third-order valence-corrected chi connectivity index (χ3v) is 4.95. The number of urea groups is 1. The van der Waals surface area contributed by atoms with Gasteiger partial charge in [0.1, 0.15) is 12.4 Å². The van der Waals surface area contributed by atoms with Gasteiger partial charge in [-0.05, 0) is 36.3 Å². The Kier molecular flexibility index (Phi) is 8.17. The summed E-state index contributed by atoms with van der Waals surface area (Å²) in [7, 11) is 1.52. The molecule has 0 bridgehead atoms. The van der Waals surface area contributed by atoms with Crippen LogP contribution in [0.2, 0.25) is 0 Å². The largest absolute Gasteiger partial charge is 0.497 e. The van der Waals surface area contributed by atoms with Crippen molar-refractivity contribution in [2.45, 2.75) is 13.0 Å². The molecule has 1 aliphatic heterocycles. The van der Waals surface area contributed by atoms with Gasteiger partial charge in [0.05, 0.1) is 36.0 Å². The smallest absolute Gasteiger partial charge is 0.338 e. The van der Waals surface area contributed by atoms with Crippen LogP contribution in [0.3, 0.4) is 0 Å². The number of nitrogens with zero attached hydrogens (tertiary/aromatic N) is 1. The standard InChI is InChI=1S/C24H23N3O8/c1-3-34-23(29)21-19(25-24(30)26-22(21)16-8-10-18(33-2)11-9-16)14-35-20(28)12-7-15-5-4-6-17(13-15)27(31)32/h4-13,22H,3,14H2,1-2H3,(H2,25,26,30)/b12-7+. The van der Waals surface area contributed by atoms with Gasteiger partial charge in [0.25, 0.3) is 5.69 Å². The van der Waals surface area contributed by atoms with Crippen LogP contribution in [0.5, 0.6) is 5.75 Å². The number of esters is 2. The number of hydrogen-bond donors (Lipinski definition) is 2. The lowest BCUT2D eigenvalue weighted by molar-refractivity contribution is -0.384. The van der Waals surface area contributed by atoms with Crippen molar-refractivity contribution in [2.75, 3.05) is 20.3 Å². The lowest BCUT2D eigenvalue weighted by Gasteiger charge is -2.29. The molecular weight excluding hydrogens is 458 g/mol. The fraction of sp³-hybridized carbons (Fsp3) is 0.208. The molecule has 2 amide bonds. The number of nitrogens with one attached hydrogen (secondary N) is 2. The molecule has 2 N–H and O–H groups in total. The number of ether oxygens (including phenoxy) is 3. The van der Waals surface area contributed by atoms with Crippen LogP contribution in [-0.4, -0.2) is 43.2 Å². The molecule has 1 atom stereocenters. The van der Waals surface area contributed by atoms with Crippen LogP contribution < -0.4 is 15.4 Å². The van der Waals surface area contributed by atoms with E-state index in [0.717, 1.165) is 6.08 Å². The summed E-state index contributed by atoms with van der Waals surface area (Å²) >= 11 is 0. The van der Waals surface area contributed by atoms with Crippen molar-refractivity contribution in [3.05, 3.63) is 87.1 Å². The maximum Gasteiger partial charge on any atom is 0.338 e. The van der Waals surface area contributed by atoms with Gasteiger partial charge in [0.2, 0.25) is 0 Å². The lowest BCUT2D eigenvalue weighted by atomic mass is 9.95. The normalized spacial score (nSPS) is 15.3. The summed E-state index contributed by atoms with van der Waals surface area (Å²) in [6.45, 7) is 1.34. The number of benzene rings is 2. The number of carbonyl (C=O) groups is 3. The van der Waals surface area contributed by atoms with E-state index in [1.165, 1.54) is 31.4 Å². The minimum absolute atomic E-state index is 0.0742. The van der Waals surface area contributed by atoms with E-state index in [1.807, 2.05) is 0 Å². The summed E-state index contributed by atoms with van der Waals surface area (Å²) in [4.78, 5) is 47.7. The highest BCUT2D eigenvalue weighted by atomic mass is 16.6. The first kappa shape index (κ1) is 25.0. The maximum absolute atomic E-state index is 12.8. The second-order valence-electron chi connectivity index (χ2n) is 7.21. The van der Waals surface area contributed by atoms with E-state index in [1.54, 1.807) is 37.3 Å². The number of nitro groups is 1. The van der Waals surface area contributed by atoms with E-state index in [4.69, 9.17) is 14.2 Å². The molecule has 1 aliphatic rings. The number of hydrogen-bond acceptors (Lipinski definition) is 8. The van der Waals surface area contributed by atoms with Gasteiger partial charge in [-0.25, -0.2) is 14.4 Å². The molecule has 0 aliphatic carbocycles. The zero-order valence-corrected chi connectivity index (χ0v) is 19.0. The first-order valence-electron chi connectivity index (χ1n) is 10.5. The van der Waals surface area contributed by atoms with E-state index in [-0.39, 0.29) is 23.6 Å². The van der Waals surface area contributed by atoms with Crippen LogP contribution in [0, 0.1) is 10.1 Å². The second kappa shape index (κ2) is 11.5. The third kappa shape index (κ3) is 6.44. The van der Waals surface area contributed by atoms with Crippen LogP contribution in [0.25, 0.3) is 6.08 Å². The summed E-state index contributed by atoms with van der Waals surface area (Å²) in [5.41, 5.74) is 1.07. The highest BCUT2D eigenvalue weighted by Gasteiger charge is 2.34. The molecule has 11 nitrogen and oxygen atoms in total. The molecule has 0 radical (unpaired) electrons. The molecule has 1 unspecified atom stereocenters. The number of rotatable bonds is 9. The number of methoxy groups -OCH3 is 1. The predicted octanol–water partition coefficient (Wildman–Crippen LogP) is 3.03. The molecule has 35 heavy (non-hydrogen) atoms. The summed E-state index contributed by atoms with van der Waals surface area (Å²) in [5.74, 6) is -0.861. The van der Waals surface area contributed by atoms with Crippen LogP contribution in [0.15, 0.2) is 65.9 Å². The Morgan fingerprint density at radius 3 is 2.54 bits per heavy atom. The molecule has 2 aromatic carbocycles. The topological polar surface area (TPSA) is 146 Å². The molecule has 0 fully saturated rings. The van der Waals surface area contributed by atoms with Gasteiger partial charge in [-0.3, -0.25) is 10.1 Å². The minimum Gasteiger partial charge on any atom is -0.497 e. The monoisotopic (exact) mass is 481 g/mol. The lowest BCUT2D eigenvalue weighted by Crippen LogP contribution is -2.47. The fourth-order valence-corrected chi connectivity index (χ4v) is 3.33. The van der Waals surface area contributed by atoms with Crippen molar-refractivity contribution >= 4 is 29.7 Å². The van der Waals surface area contributed by atoms with Gasteiger partial charge < -0.3 is 24.8 Å². The molecule has 0 saturated carbocycles. The Labute approximate surface area is 200 Å². The van der Waals surface area contributed by atoms with Crippen LogP contribution in [0.4, 0.5) is 10.5 Å². The van der Waals surface area contributed by atoms with Gasteiger partial charge in [-0.2, -0.15) is 0 Å². The zero-order valence-electron chi connectivity index (χ0n) is 19.0. The van der Waals surface area contributed by atoms with Gasteiger partial charge in [-0.15, -0.1) is 0 Å². The Hall–Kier alpha value is -4.67. The van der Waals surface area contributed by atoms with Crippen LogP contribution >= 0.6 is 0 Å². The summed E-state index contributed by atoms with van der Waals surface area (Å²) < 4.78 is 15.5. The first-order valence-corrected chi connectivity index (χ1v) is 10.5. The molecule has 0 saturated heterocycles. The van der Waals surface area contributed by atoms with Crippen molar-refractivity contribution in [1.29, 1.82) is 0 Å². The fourth-order valence-electron chi connectivity index (χ4n) is 3.33. The maximum atomic E-state index is 12.8. The Balaban J connectivity index is 1.82. The predicted molar refractivity (Wildman–Crippen MR) is 124 cm³/mol. The van der Waals surface area contributed by atoms with Crippen LogP contribution in [-0.2, 0) is 19.1 Å². The summed E-state index contributed by atoms with van der Waals surface area (Å²) in [5, 5.41) is 16.1. The molecule has 182 valence electrons. The molecule has 0 spiro atoms. The van der Waals surface area contributed by atoms with Crippen LogP contribution in [0.1, 0.15) is 24.1 Å². The summed E-state index contributed by atoms with van der Waals surface area (Å²) in [6.07, 6.45) is 2.45. The number of amides is 2. The number of non-ortho nitro benzene ring substituents is 1. The molecule has 2 aromatic rings. The van der Waals surface area contributed by atoms with Crippen molar-refractivity contribution in [1.82, 2.24) is 10.6 Å². The Bertz CT molecular complexity index is 1190. The Morgan fingerprint density at radius 2 is 1.89 bits per heavy atom. The van der Waals surface area contributed by atoms with E-state index in [2.05, 4.69) is 10.6 Å². The second-order valence-corrected chi connectivity index (χ2v) is 7.21. The van der Waals surface area contributed by atoms with Gasteiger partial charge >= 0.3 is 18.0 Å². The molecule has 1 heterocycles. The molecule has 0 aromatic heterocycles. The van der Waals surface area contributed by atoms with E-state index in [9.17, 15) is 24.5 Å². The third-order valence-electron chi connectivity index (χ3n) is 4.95. The number of nitro benzene ring substituents is 1. The zero-order chi connectivity index (χ0) is 25.4. The quantitative estimate of drug-likeness (QED) is 0.240. The highest BCUT2D eigenvalue weighted by Crippen LogP contribution is 2.29.